The van der Waals surface area contributed by atoms with Crippen molar-refractivity contribution in [2.24, 2.45) is 5.92 Å². The van der Waals surface area contributed by atoms with Crippen LogP contribution in [0.2, 0.25) is 0 Å². The summed E-state index contributed by atoms with van der Waals surface area (Å²) in [7, 11) is 0. The van der Waals surface area contributed by atoms with Gasteiger partial charge in [-0.25, -0.2) is 4.39 Å². The van der Waals surface area contributed by atoms with E-state index in [2.05, 4.69) is 25.9 Å². The smallest absolute Gasteiger partial charge is 0.227 e. The lowest BCUT2D eigenvalue weighted by molar-refractivity contribution is -0.137. The number of hydrogen-bond donors (Lipinski definition) is 0. The van der Waals surface area contributed by atoms with Crippen LogP contribution in [0, 0.1) is 25.6 Å². The van der Waals surface area contributed by atoms with Gasteiger partial charge in [-0.1, -0.05) is 19.1 Å². The first-order valence-corrected chi connectivity index (χ1v) is 10.1. The van der Waals surface area contributed by atoms with Gasteiger partial charge in [-0.2, -0.15) is 5.10 Å². The minimum absolute atomic E-state index is 0.121. The number of hydrogen-bond acceptors (Lipinski definition) is 3. The molecule has 1 saturated heterocycles. The van der Waals surface area contributed by atoms with Crippen LogP contribution >= 0.6 is 15.9 Å². The zero-order valence-corrected chi connectivity index (χ0v) is 17.7. The first kappa shape index (κ1) is 20.0. The van der Waals surface area contributed by atoms with E-state index in [-0.39, 0.29) is 17.6 Å². The average Bonchev–Trinajstić information content (AvgIpc) is 2.88. The van der Waals surface area contributed by atoms with Crippen molar-refractivity contribution in [3.63, 3.8) is 0 Å². The summed E-state index contributed by atoms with van der Waals surface area (Å²) in [6.07, 6.45) is 0. The number of amides is 1. The topological polar surface area (TPSA) is 41.4 Å². The summed E-state index contributed by atoms with van der Waals surface area (Å²) in [5, 5.41) is 4.50. The Bertz CT molecular complexity index is 814. The summed E-state index contributed by atoms with van der Waals surface area (Å²) in [5.41, 5.74) is 2.96. The van der Waals surface area contributed by atoms with Gasteiger partial charge in [0, 0.05) is 38.4 Å². The summed E-state index contributed by atoms with van der Waals surface area (Å²) in [6, 6.07) is 6.72. The second-order valence-electron chi connectivity index (χ2n) is 7.30. The van der Waals surface area contributed by atoms with Crippen LogP contribution in [0.1, 0.15) is 23.9 Å². The van der Waals surface area contributed by atoms with Crippen LogP contribution in [0.25, 0.3) is 0 Å². The zero-order chi connectivity index (χ0) is 19.6. The summed E-state index contributed by atoms with van der Waals surface area (Å²) >= 11 is 3.53. The number of carbonyl (C=O) groups is 1. The molecule has 0 radical (unpaired) electrons. The van der Waals surface area contributed by atoms with Crippen LogP contribution in [0.3, 0.4) is 0 Å². The third-order valence-corrected chi connectivity index (χ3v) is 6.29. The Labute approximate surface area is 168 Å². The van der Waals surface area contributed by atoms with Crippen LogP contribution in [-0.4, -0.2) is 51.7 Å². The van der Waals surface area contributed by atoms with Crippen molar-refractivity contribution in [2.75, 3.05) is 26.2 Å². The molecule has 2 aromatic rings. The van der Waals surface area contributed by atoms with E-state index in [9.17, 15) is 9.18 Å². The van der Waals surface area contributed by atoms with Crippen molar-refractivity contribution in [3.05, 3.63) is 51.5 Å². The van der Waals surface area contributed by atoms with Crippen molar-refractivity contribution in [1.82, 2.24) is 19.6 Å². The average molecular weight is 437 g/mol. The van der Waals surface area contributed by atoms with E-state index >= 15 is 0 Å². The van der Waals surface area contributed by atoms with Gasteiger partial charge in [0.2, 0.25) is 5.91 Å². The molecule has 0 aliphatic carbocycles. The van der Waals surface area contributed by atoms with Crippen molar-refractivity contribution in [3.8, 4) is 0 Å². The predicted octanol–water partition coefficient (Wildman–Crippen LogP) is 3.38. The minimum Gasteiger partial charge on any atom is -0.340 e. The maximum atomic E-state index is 13.3. The maximum Gasteiger partial charge on any atom is 0.227 e. The molecule has 1 aromatic carbocycles. The van der Waals surface area contributed by atoms with E-state index in [1.807, 2.05) is 36.4 Å². The third kappa shape index (κ3) is 4.76. The van der Waals surface area contributed by atoms with Crippen molar-refractivity contribution in [2.45, 2.75) is 33.9 Å². The number of halogens is 2. The van der Waals surface area contributed by atoms with Crippen LogP contribution in [0.4, 0.5) is 4.39 Å². The third-order valence-electron chi connectivity index (χ3n) is 5.14. The molecule has 1 aliphatic rings. The molecule has 1 aromatic heterocycles. The lowest BCUT2D eigenvalue weighted by Gasteiger charge is -2.36. The summed E-state index contributed by atoms with van der Waals surface area (Å²) in [5.74, 6) is -0.153. The SMILES string of the molecule is Cc1nn(CC(C)C(=O)N2CCN(Cc3cccc(F)c3)CC2)c(C)c1Br. The molecule has 27 heavy (non-hydrogen) atoms. The number of rotatable bonds is 5. The Hall–Kier alpha value is -1.73. The Kier molecular flexibility index (Phi) is 6.32. The quantitative estimate of drug-likeness (QED) is 0.721. The first-order chi connectivity index (χ1) is 12.8. The van der Waals surface area contributed by atoms with Gasteiger partial charge in [0.15, 0.2) is 0 Å². The number of aromatic nitrogens is 2. The molecule has 1 atom stereocenters. The molecule has 0 spiro atoms. The van der Waals surface area contributed by atoms with E-state index in [4.69, 9.17) is 0 Å². The fourth-order valence-electron chi connectivity index (χ4n) is 3.52. The highest BCUT2D eigenvalue weighted by atomic mass is 79.9. The molecule has 1 fully saturated rings. The van der Waals surface area contributed by atoms with Gasteiger partial charge in [0.1, 0.15) is 5.82 Å². The van der Waals surface area contributed by atoms with Crippen LogP contribution < -0.4 is 0 Å². The van der Waals surface area contributed by atoms with Gasteiger partial charge in [-0.05, 0) is 47.5 Å². The summed E-state index contributed by atoms with van der Waals surface area (Å²) in [4.78, 5) is 17.0. The fourth-order valence-corrected chi connectivity index (χ4v) is 3.81. The summed E-state index contributed by atoms with van der Waals surface area (Å²) < 4.78 is 16.2. The molecule has 7 heteroatoms. The Balaban J connectivity index is 1.52. The van der Waals surface area contributed by atoms with Gasteiger partial charge >= 0.3 is 0 Å². The van der Waals surface area contributed by atoms with Gasteiger partial charge in [-0.3, -0.25) is 14.4 Å². The van der Waals surface area contributed by atoms with Crippen molar-refractivity contribution >= 4 is 21.8 Å². The number of piperazine rings is 1. The Morgan fingerprint density at radius 1 is 1.26 bits per heavy atom. The molecule has 3 rings (SSSR count). The number of aryl methyl sites for hydroxylation is 1. The van der Waals surface area contributed by atoms with E-state index in [1.54, 1.807) is 12.1 Å². The highest BCUT2D eigenvalue weighted by Gasteiger charge is 2.26. The molecule has 0 N–H and O–H groups in total. The van der Waals surface area contributed by atoms with Gasteiger partial charge in [0.05, 0.1) is 22.6 Å². The van der Waals surface area contributed by atoms with Crippen LogP contribution in [0.15, 0.2) is 28.7 Å². The van der Waals surface area contributed by atoms with E-state index in [1.165, 1.54) is 6.07 Å². The van der Waals surface area contributed by atoms with E-state index in [0.29, 0.717) is 19.6 Å². The molecule has 1 unspecified atom stereocenters. The van der Waals surface area contributed by atoms with Crippen molar-refractivity contribution < 1.29 is 9.18 Å². The molecule has 2 heterocycles. The van der Waals surface area contributed by atoms with Crippen LogP contribution in [-0.2, 0) is 17.9 Å². The van der Waals surface area contributed by atoms with Gasteiger partial charge in [0.25, 0.3) is 0 Å². The monoisotopic (exact) mass is 436 g/mol. The molecule has 5 nitrogen and oxygen atoms in total. The van der Waals surface area contributed by atoms with Gasteiger partial charge in [-0.15, -0.1) is 0 Å². The predicted molar refractivity (Wildman–Crippen MR) is 107 cm³/mol. The highest BCUT2D eigenvalue weighted by molar-refractivity contribution is 9.10. The number of benzene rings is 1. The van der Waals surface area contributed by atoms with Crippen molar-refractivity contribution in [1.29, 1.82) is 0 Å². The van der Waals surface area contributed by atoms with E-state index in [0.717, 1.165) is 41.1 Å². The fraction of sp³-hybridized carbons (Fsp3) is 0.500. The lowest BCUT2D eigenvalue weighted by Crippen LogP contribution is -2.50. The Morgan fingerprint density at radius 3 is 2.56 bits per heavy atom. The molecule has 0 saturated carbocycles. The lowest BCUT2D eigenvalue weighted by atomic mass is 10.1. The zero-order valence-electron chi connectivity index (χ0n) is 16.1. The van der Waals surface area contributed by atoms with E-state index < -0.39 is 0 Å². The minimum atomic E-state index is -0.203. The second kappa shape index (κ2) is 8.52. The number of nitrogens with zero attached hydrogens (tertiary/aromatic N) is 4. The molecule has 1 amide bonds. The normalized spacial score (nSPS) is 16.6. The standard InChI is InChI=1S/C20H26BrFN4O/c1-14(12-26-16(3)19(21)15(2)23-26)20(27)25-9-7-24(8-10-25)13-17-5-4-6-18(22)11-17/h4-6,11,14H,7-10,12-13H2,1-3H3. The van der Waals surface area contributed by atoms with Crippen LogP contribution in [0.5, 0.6) is 0 Å². The molecule has 1 aliphatic heterocycles. The Morgan fingerprint density at radius 2 is 1.96 bits per heavy atom. The maximum absolute atomic E-state index is 13.3. The first-order valence-electron chi connectivity index (χ1n) is 9.30. The van der Waals surface area contributed by atoms with Gasteiger partial charge < -0.3 is 4.90 Å². The number of carbonyl (C=O) groups excluding carboxylic acids is 1. The molecule has 0 bridgehead atoms. The molecule has 146 valence electrons. The largest absolute Gasteiger partial charge is 0.340 e. The molecular weight excluding hydrogens is 411 g/mol. The highest BCUT2D eigenvalue weighted by Crippen LogP contribution is 2.21. The molecular formula is C20H26BrFN4O. The second-order valence-corrected chi connectivity index (χ2v) is 8.09. The summed E-state index contributed by atoms with van der Waals surface area (Å²) in [6.45, 7) is 10.3.